The van der Waals surface area contributed by atoms with E-state index in [-0.39, 0.29) is 17.2 Å². The normalized spacial score (nSPS) is 26.5. The number of pyridine rings is 1. The molecule has 5 atom stereocenters. The molecule has 2 aliphatic rings. The number of ether oxygens (including phenoxy) is 2. The number of nitrogens with zero attached hydrogens (tertiary/aromatic N) is 2. The fraction of sp³-hybridized carbons (Fsp3) is 0.250. The lowest BCUT2D eigenvalue weighted by Crippen LogP contribution is -2.52. The number of aliphatic hydroxyl groups is 2. The van der Waals surface area contributed by atoms with Crippen LogP contribution in [0.15, 0.2) is 102 Å². The Hall–Kier alpha value is -3.72. The molecule has 0 radical (unpaired) electrons. The Balaban J connectivity index is 1.59. The first-order valence-corrected chi connectivity index (χ1v) is 13.8. The summed E-state index contributed by atoms with van der Waals surface area (Å²) in [6.45, 7) is 0.346. The topological polar surface area (TPSA) is 92.1 Å². The summed E-state index contributed by atoms with van der Waals surface area (Å²) >= 11 is 3.50. The van der Waals surface area contributed by atoms with Gasteiger partial charge in [0.2, 0.25) is 5.91 Å². The number of amides is 1. The molecule has 0 bridgehead atoms. The van der Waals surface area contributed by atoms with Gasteiger partial charge in [0.1, 0.15) is 17.6 Å². The van der Waals surface area contributed by atoms with Gasteiger partial charge in [-0.3, -0.25) is 9.78 Å². The van der Waals surface area contributed by atoms with Crippen molar-refractivity contribution in [1.82, 2.24) is 9.88 Å². The van der Waals surface area contributed by atoms with E-state index in [1.54, 1.807) is 11.9 Å². The molecule has 3 aromatic carbocycles. The Kier molecular flexibility index (Phi) is 6.65. The number of hydrogen-bond acceptors (Lipinski definition) is 6. The van der Waals surface area contributed by atoms with Crippen molar-refractivity contribution in [3.8, 4) is 11.5 Å². The zero-order chi connectivity index (χ0) is 28.1. The number of fused-ring (bicyclic) bond motifs is 3. The van der Waals surface area contributed by atoms with Crippen molar-refractivity contribution < 1.29 is 24.5 Å². The van der Waals surface area contributed by atoms with Crippen LogP contribution in [0.1, 0.15) is 28.2 Å². The van der Waals surface area contributed by atoms with Gasteiger partial charge in [0.15, 0.2) is 11.2 Å². The predicted molar refractivity (Wildman–Crippen MR) is 153 cm³/mol. The third-order valence-electron chi connectivity index (χ3n) is 8.24. The molecule has 1 aromatic heterocycles. The van der Waals surface area contributed by atoms with Crippen molar-refractivity contribution in [2.75, 3.05) is 14.2 Å². The van der Waals surface area contributed by atoms with Crippen LogP contribution in [0.25, 0.3) is 0 Å². The number of carbonyl (C=O) groups excluding carboxylic acids is 1. The number of halogens is 1. The fourth-order valence-corrected chi connectivity index (χ4v) is 6.82. The van der Waals surface area contributed by atoms with Crippen LogP contribution in [0.4, 0.5) is 0 Å². The SMILES string of the molecule is COc1cncc2c1[C@]1(O)C(O)[C@H](C(=O)N(C)Cc3ccccc3)[C@@H](c3ccccc3)[C@]1(c1ccc(Br)cc1)O2. The molecule has 4 aromatic rings. The molecule has 1 aliphatic carbocycles. The van der Waals surface area contributed by atoms with Gasteiger partial charge in [-0.2, -0.15) is 0 Å². The van der Waals surface area contributed by atoms with Crippen molar-refractivity contribution in [3.05, 3.63) is 124 Å². The maximum atomic E-state index is 14.4. The zero-order valence-corrected chi connectivity index (χ0v) is 23.7. The minimum atomic E-state index is -2.04. The van der Waals surface area contributed by atoms with Gasteiger partial charge >= 0.3 is 0 Å². The van der Waals surface area contributed by atoms with Crippen LogP contribution in [0.5, 0.6) is 11.5 Å². The van der Waals surface area contributed by atoms with E-state index < -0.39 is 29.1 Å². The first-order chi connectivity index (χ1) is 19.3. The van der Waals surface area contributed by atoms with Crippen molar-refractivity contribution in [2.45, 2.75) is 29.8 Å². The highest BCUT2D eigenvalue weighted by molar-refractivity contribution is 9.10. The summed E-state index contributed by atoms with van der Waals surface area (Å²) < 4.78 is 13.2. The predicted octanol–water partition coefficient (Wildman–Crippen LogP) is 4.76. The lowest BCUT2D eigenvalue weighted by Gasteiger charge is -2.41. The van der Waals surface area contributed by atoms with Crippen LogP contribution in [-0.4, -0.2) is 46.3 Å². The van der Waals surface area contributed by atoms with Gasteiger partial charge in [-0.25, -0.2) is 0 Å². The van der Waals surface area contributed by atoms with Gasteiger partial charge in [-0.1, -0.05) is 88.7 Å². The molecule has 1 amide bonds. The molecular formula is C32H29BrN2O5. The van der Waals surface area contributed by atoms with Crippen LogP contribution in [0.3, 0.4) is 0 Å². The number of carbonyl (C=O) groups is 1. The molecule has 1 fully saturated rings. The van der Waals surface area contributed by atoms with Crippen molar-refractivity contribution in [3.63, 3.8) is 0 Å². The van der Waals surface area contributed by atoms with Gasteiger partial charge in [-0.05, 0) is 28.8 Å². The largest absolute Gasteiger partial charge is 0.495 e. The molecule has 1 saturated carbocycles. The summed E-state index contributed by atoms with van der Waals surface area (Å²) in [6, 6.07) is 26.6. The van der Waals surface area contributed by atoms with Crippen LogP contribution in [-0.2, 0) is 22.5 Å². The van der Waals surface area contributed by atoms with Crippen molar-refractivity contribution in [1.29, 1.82) is 0 Å². The van der Waals surface area contributed by atoms with E-state index in [1.165, 1.54) is 19.5 Å². The third-order valence-corrected chi connectivity index (χ3v) is 8.76. The van der Waals surface area contributed by atoms with E-state index in [0.717, 1.165) is 15.6 Å². The summed E-state index contributed by atoms with van der Waals surface area (Å²) in [5.74, 6) is -1.54. The van der Waals surface area contributed by atoms with Gasteiger partial charge in [0.05, 0.1) is 31.0 Å². The highest BCUT2D eigenvalue weighted by atomic mass is 79.9. The molecular weight excluding hydrogens is 572 g/mol. The molecule has 6 rings (SSSR count). The molecule has 1 aliphatic heterocycles. The molecule has 40 heavy (non-hydrogen) atoms. The second-order valence-corrected chi connectivity index (χ2v) is 11.3. The maximum Gasteiger partial charge on any atom is 0.229 e. The molecule has 8 heteroatoms. The van der Waals surface area contributed by atoms with E-state index in [9.17, 15) is 15.0 Å². The minimum Gasteiger partial charge on any atom is -0.495 e. The zero-order valence-electron chi connectivity index (χ0n) is 22.1. The lowest BCUT2D eigenvalue weighted by atomic mass is 9.70. The van der Waals surface area contributed by atoms with E-state index in [4.69, 9.17) is 9.47 Å². The van der Waals surface area contributed by atoms with E-state index >= 15 is 0 Å². The average molecular weight is 601 g/mol. The Morgan fingerprint density at radius 2 is 1.68 bits per heavy atom. The second kappa shape index (κ2) is 10.0. The Morgan fingerprint density at radius 3 is 2.33 bits per heavy atom. The quantitative estimate of drug-likeness (QED) is 0.331. The standard InChI is InChI=1S/C32H29BrN2O5/c1-35(19-20-9-5-3-6-10-20)30(37)26-27(21-11-7-4-8-12-21)32(22-13-15-23(33)16-14-22)31(38,29(26)36)28-24(39-2)17-34-18-25(28)40-32/h3-18,26-27,29,36,38H,19H2,1-2H3/t26-,27-,29?,31+,32+/m1/s1. The summed E-state index contributed by atoms with van der Waals surface area (Å²) in [6.07, 6.45) is 1.46. The molecule has 1 unspecified atom stereocenters. The first-order valence-electron chi connectivity index (χ1n) is 13.0. The van der Waals surface area contributed by atoms with Crippen LogP contribution in [0.2, 0.25) is 0 Å². The molecule has 0 spiro atoms. The maximum absolute atomic E-state index is 14.4. The van der Waals surface area contributed by atoms with Crippen LogP contribution >= 0.6 is 15.9 Å². The molecule has 0 saturated heterocycles. The van der Waals surface area contributed by atoms with Gasteiger partial charge in [0.25, 0.3) is 0 Å². The summed E-state index contributed by atoms with van der Waals surface area (Å²) in [5.41, 5.74) is -1.00. The molecule has 2 N–H and O–H groups in total. The minimum absolute atomic E-state index is 0.274. The van der Waals surface area contributed by atoms with Crippen LogP contribution < -0.4 is 9.47 Å². The third kappa shape index (κ3) is 3.78. The average Bonchev–Trinajstić information content (AvgIpc) is 3.36. The smallest absolute Gasteiger partial charge is 0.229 e. The first kappa shape index (κ1) is 26.5. The number of aromatic nitrogens is 1. The van der Waals surface area contributed by atoms with E-state index in [0.29, 0.717) is 17.9 Å². The monoisotopic (exact) mass is 600 g/mol. The Morgan fingerprint density at radius 1 is 1.02 bits per heavy atom. The summed E-state index contributed by atoms with van der Waals surface area (Å²) in [7, 11) is 3.19. The molecule has 204 valence electrons. The highest BCUT2D eigenvalue weighted by Gasteiger charge is 2.78. The van der Waals surface area contributed by atoms with Crippen LogP contribution in [0, 0.1) is 5.92 Å². The number of aliphatic hydroxyl groups excluding tert-OH is 1. The Labute approximate surface area is 241 Å². The lowest BCUT2D eigenvalue weighted by molar-refractivity contribution is -0.156. The van der Waals surface area contributed by atoms with Crippen molar-refractivity contribution >= 4 is 21.8 Å². The fourth-order valence-electron chi connectivity index (χ4n) is 6.56. The van der Waals surface area contributed by atoms with Gasteiger partial charge in [0, 0.05) is 24.0 Å². The number of methoxy groups -OCH3 is 1. The van der Waals surface area contributed by atoms with Gasteiger partial charge in [-0.15, -0.1) is 0 Å². The Bertz CT molecular complexity index is 1530. The molecule has 7 nitrogen and oxygen atoms in total. The number of benzene rings is 3. The van der Waals surface area contributed by atoms with Crippen molar-refractivity contribution in [2.24, 2.45) is 5.92 Å². The highest BCUT2D eigenvalue weighted by Crippen LogP contribution is 2.69. The number of hydrogen-bond donors (Lipinski definition) is 2. The van der Waals surface area contributed by atoms with E-state index in [2.05, 4.69) is 20.9 Å². The second-order valence-electron chi connectivity index (χ2n) is 10.4. The van der Waals surface area contributed by atoms with Gasteiger partial charge < -0.3 is 24.6 Å². The summed E-state index contributed by atoms with van der Waals surface area (Å²) in [4.78, 5) is 20.2. The number of rotatable bonds is 6. The summed E-state index contributed by atoms with van der Waals surface area (Å²) in [5, 5.41) is 25.1. The van der Waals surface area contributed by atoms with E-state index in [1.807, 2.05) is 84.9 Å². The molecule has 2 heterocycles.